The van der Waals surface area contributed by atoms with Crippen LogP contribution in [-0.4, -0.2) is 37.2 Å². The summed E-state index contributed by atoms with van der Waals surface area (Å²) >= 11 is 0. The molecule has 0 spiro atoms. The van der Waals surface area contributed by atoms with Crippen molar-refractivity contribution in [3.05, 3.63) is 97.2 Å². The Kier molecular flexibility index (Phi) is 65.7. The van der Waals surface area contributed by atoms with Gasteiger partial charge in [0.05, 0.1) is 0 Å². The number of carbonyl (C=O) groups is 3. The lowest BCUT2D eigenvalue weighted by Gasteiger charge is -2.18. The van der Waals surface area contributed by atoms with E-state index in [1.807, 2.05) is 0 Å². The molecule has 1 atom stereocenters. The molecule has 81 heavy (non-hydrogen) atoms. The maximum Gasteiger partial charge on any atom is 0.306 e. The summed E-state index contributed by atoms with van der Waals surface area (Å²) in [5.74, 6) is -0.906. The predicted octanol–water partition coefficient (Wildman–Crippen LogP) is 24.0. The number of rotatable bonds is 63. The van der Waals surface area contributed by atoms with Crippen molar-refractivity contribution < 1.29 is 28.6 Å². The zero-order valence-corrected chi connectivity index (χ0v) is 53.5. The minimum absolute atomic E-state index is 0.0888. The summed E-state index contributed by atoms with van der Waals surface area (Å²) < 4.78 is 17.0. The Morgan fingerprint density at radius 3 is 0.765 bits per heavy atom. The minimum atomic E-state index is -0.795. The minimum Gasteiger partial charge on any atom is -0.462 e. The third kappa shape index (κ3) is 67.0. The van der Waals surface area contributed by atoms with Crippen LogP contribution < -0.4 is 0 Å². The molecule has 0 bridgehead atoms. The molecule has 0 N–H and O–H groups in total. The Balaban J connectivity index is 4.40. The van der Waals surface area contributed by atoms with Gasteiger partial charge in [-0.3, -0.25) is 14.4 Å². The fourth-order valence-corrected chi connectivity index (χ4v) is 9.85. The van der Waals surface area contributed by atoms with Crippen LogP contribution in [0.2, 0.25) is 0 Å². The molecule has 0 aliphatic rings. The fraction of sp³-hybridized carbons (Fsp3) is 0.747. The molecule has 0 radical (unpaired) electrons. The molecular formula is C75H130O6. The average Bonchev–Trinajstić information content (AvgIpc) is 3.47. The van der Waals surface area contributed by atoms with E-state index in [4.69, 9.17) is 14.2 Å². The Morgan fingerprint density at radius 1 is 0.259 bits per heavy atom. The van der Waals surface area contributed by atoms with Gasteiger partial charge in [-0.25, -0.2) is 0 Å². The highest BCUT2D eigenvalue weighted by atomic mass is 16.6. The molecule has 1 unspecified atom stereocenters. The lowest BCUT2D eigenvalue weighted by Crippen LogP contribution is -2.30. The largest absolute Gasteiger partial charge is 0.462 e. The Hall–Kier alpha value is -3.67. The van der Waals surface area contributed by atoms with Gasteiger partial charge >= 0.3 is 17.9 Å². The summed E-state index contributed by atoms with van der Waals surface area (Å²) in [6.07, 6.45) is 92.8. The lowest BCUT2D eigenvalue weighted by atomic mass is 10.0. The van der Waals surface area contributed by atoms with E-state index in [0.717, 1.165) is 116 Å². The molecule has 0 fully saturated rings. The second kappa shape index (κ2) is 68.8. The van der Waals surface area contributed by atoms with Gasteiger partial charge in [0.1, 0.15) is 13.2 Å². The van der Waals surface area contributed by atoms with Crippen LogP contribution in [0.4, 0.5) is 0 Å². The standard InChI is InChI=1S/C75H130O6/c1-4-7-10-13-16-19-22-25-28-31-33-35-37-39-41-44-47-50-53-56-59-62-65-68-74(77)80-71-72(70-79-73(76)67-64-61-58-55-52-49-46-43-30-27-24-21-18-15-12-9-6-3)81-75(78)69-66-63-60-57-54-51-48-45-42-40-38-36-34-32-29-26-23-20-17-14-11-8-5-2/h9,12,18,21-22,25,27,30-34,37,39,46,49,72H,4-8,10-11,13-17,19-20,23-24,26,28-29,35-36,38,40-45,47-48,50-71H2,1-3H3/b12-9-,21-18-,25-22-,30-27-,33-31-,34-32-,39-37-,49-46-. The zero-order chi connectivity index (χ0) is 58.5. The molecule has 0 rings (SSSR count). The molecular weight excluding hydrogens is 997 g/mol. The molecule has 0 amide bonds. The number of hydrogen-bond acceptors (Lipinski definition) is 6. The third-order valence-corrected chi connectivity index (χ3v) is 15.0. The number of hydrogen-bond donors (Lipinski definition) is 0. The molecule has 0 aromatic heterocycles. The summed E-state index contributed by atoms with van der Waals surface area (Å²) in [5, 5.41) is 0. The van der Waals surface area contributed by atoms with Crippen LogP contribution in [0.15, 0.2) is 97.2 Å². The van der Waals surface area contributed by atoms with Gasteiger partial charge in [0.2, 0.25) is 0 Å². The van der Waals surface area contributed by atoms with Gasteiger partial charge in [-0.15, -0.1) is 0 Å². The third-order valence-electron chi connectivity index (χ3n) is 15.0. The summed E-state index contributed by atoms with van der Waals surface area (Å²) in [6, 6.07) is 0. The first kappa shape index (κ1) is 77.3. The van der Waals surface area contributed by atoms with E-state index in [-0.39, 0.29) is 31.1 Å². The lowest BCUT2D eigenvalue weighted by molar-refractivity contribution is -0.167. The molecule has 0 saturated carbocycles. The van der Waals surface area contributed by atoms with E-state index in [0.29, 0.717) is 19.3 Å². The maximum atomic E-state index is 13.0. The molecule has 0 aromatic rings. The summed E-state index contributed by atoms with van der Waals surface area (Å²) in [6.45, 7) is 6.53. The summed E-state index contributed by atoms with van der Waals surface area (Å²) in [7, 11) is 0. The monoisotopic (exact) mass is 1130 g/mol. The highest BCUT2D eigenvalue weighted by molar-refractivity contribution is 5.71. The van der Waals surface area contributed by atoms with E-state index in [1.54, 1.807) is 0 Å². The molecule has 6 heteroatoms. The molecule has 0 heterocycles. The summed E-state index contributed by atoms with van der Waals surface area (Å²) in [5.41, 5.74) is 0. The van der Waals surface area contributed by atoms with Crippen LogP contribution in [-0.2, 0) is 28.6 Å². The smallest absolute Gasteiger partial charge is 0.306 e. The molecule has 0 aliphatic carbocycles. The van der Waals surface area contributed by atoms with Crippen molar-refractivity contribution in [1.82, 2.24) is 0 Å². The predicted molar refractivity (Wildman–Crippen MR) is 353 cm³/mol. The second-order valence-corrected chi connectivity index (χ2v) is 23.1. The van der Waals surface area contributed by atoms with E-state index in [2.05, 4.69) is 118 Å². The number of ether oxygens (including phenoxy) is 3. The van der Waals surface area contributed by atoms with Gasteiger partial charge in [-0.1, -0.05) is 298 Å². The van der Waals surface area contributed by atoms with Crippen molar-refractivity contribution in [2.45, 2.75) is 348 Å². The molecule has 6 nitrogen and oxygen atoms in total. The highest BCUT2D eigenvalue weighted by Crippen LogP contribution is 2.17. The summed E-state index contributed by atoms with van der Waals surface area (Å²) in [4.78, 5) is 38.5. The quantitative estimate of drug-likeness (QED) is 0.0261. The Bertz CT molecular complexity index is 1580. The van der Waals surface area contributed by atoms with Crippen LogP contribution in [0.3, 0.4) is 0 Å². The molecule has 0 aromatic carbocycles. The van der Waals surface area contributed by atoms with Gasteiger partial charge in [-0.05, 0) is 122 Å². The number of esters is 3. The SMILES string of the molecule is CC/C=C\C/C=C\C/C=C\C/C=C\CCCCCCC(=O)OCC(COC(=O)CCCCCCCCCC/C=C\C/C=C\C/C=C\CCCCCCC)OC(=O)CCCCCCCCCCCCC/C=C\CCCCCCCCCC. The fourth-order valence-electron chi connectivity index (χ4n) is 9.85. The van der Waals surface area contributed by atoms with Crippen LogP contribution >= 0.6 is 0 Å². The molecule has 0 saturated heterocycles. The van der Waals surface area contributed by atoms with Gasteiger partial charge in [-0.2, -0.15) is 0 Å². The zero-order valence-electron chi connectivity index (χ0n) is 53.5. The van der Waals surface area contributed by atoms with Crippen LogP contribution in [0.1, 0.15) is 342 Å². The van der Waals surface area contributed by atoms with Crippen molar-refractivity contribution in [2.24, 2.45) is 0 Å². The van der Waals surface area contributed by atoms with Crippen molar-refractivity contribution in [1.29, 1.82) is 0 Å². The van der Waals surface area contributed by atoms with Gasteiger partial charge < -0.3 is 14.2 Å². The Labute approximate surface area is 502 Å². The first-order chi connectivity index (χ1) is 40.0. The van der Waals surface area contributed by atoms with Gasteiger partial charge in [0, 0.05) is 19.3 Å². The second-order valence-electron chi connectivity index (χ2n) is 23.1. The van der Waals surface area contributed by atoms with Crippen molar-refractivity contribution in [3.8, 4) is 0 Å². The first-order valence-electron chi connectivity index (χ1n) is 34.7. The van der Waals surface area contributed by atoms with Gasteiger partial charge in [0.25, 0.3) is 0 Å². The van der Waals surface area contributed by atoms with Crippen LogP contribution in [0.5, 0.6) is 0 Å². The highest BCUT2D eigenvalue weighted by Gasteiger charge is 2.19. The van der Waals surface area contributed by atoms with E-state index < -0.39 is 6.10 Å². The Morgan fingerprint density at radius 2 is 0.481 bits per heavy atom. The van der Waals surface area contributed by atoms with Crippen molar-refractivity contribution >= 4 is 17.9 Å². The molecule has 0 aliphatic heterocycles. The maximum absolute atomic E-state index is 13.0. The number of unbranched alkanes of at least 4 members (excludes halogenated alkanes) is 36. The van der Waals surface area contributed by atoms with Gasteiger partial charge in [0.15, 0.2) is 6.10 Å². The van der Waals surface area contributed by atoms with E-state index >= 15 is 0 Å². The van der Waals surface area contributed by atoms with Crippen molar-refractivity contribution in [2.75, 3.05) is 13.2 Å². The van der Waals surface area contributed by atoms with Crippen LogP contribution in [0.25, 0.3) is 0 Å². The topological polar surface area (TPSA) is 78.9 Å². The molecule has 466 valence electrons. The first-order valence-corrected chi connectivity index (χ1v) is 34.7. The van der Waals surface area contributed by atoms with Crippen LogP contribution in [0, 0.1) is 0 Å². The normalized spacial score (nSPS) is 12.7. The number of carbonyl (C=O) groups excluding carboxylic acids is 3. The average molecular weight is 1130 g/mol. The van der Waals surface area contributed by atoms with Crippen molar-refractivity contribution in [3.63, 3.8) is 0 Å². The van der Waals surface area contributed by atoms with E-state index in [9.17, 15) is 14.4 Å². The number of allylic oxidation sites excluding steroid dienone is 16. The van der Waals surface area contributed by atoms with E-state index in [1.165, 1.54) is 186 Å².